The number of carbonyl (C=O) groups excluding carboxylic acids is 3. The third kappa shape index (κ3) is 4.44. The Morgan fingerprint density at radius 3 is 2.69 bits per heavy atom. The molecule has 2 heterocycles. The Morgan fingerprint density at radius 1 is 1.12 bits per heavy atom. The van der Waals surface area contributed by atoms with E-state index >= 15 is 0 Å². The van der Waals surface area contributed by atoms with Crippen LogP contribution in [0.1, 0.15) is 28.8 Å². The number of aromatic nitrogens is 1. The van der Waals surface area contributed by atoms with Gasteiger partial charge in [-0.2, -0.15) is 0 Å². The van der Waals surface area contributed by atoms with Crippen LogP contribution in [-0.2, 0) is 16.0 Å². The van der Waals surface area contributed by atoms with Crippen molar-refractivity contribution in [1.82, 2.24) is 15.6 Å². The Bertz CT molecular complexity index is 807. The second-order valence-electron chi connectivity index (χ2n) is 6.05. The number of nitrogens with one attached hydrogen (secondary N) is 3. The lowest BCUT2D eigenvalue weighted by Crippen LogP contribution is -2.42. The van der Waals surface area contributed by atoms with Gasteiger partial charge in [-0.05, 0) is 42.7 Å². The van der Waals surface area contributed by atoms with E-state index in [9.17, 15) is 14.4 Å². The molecular weight excluding hydrogens is 332 g/mol. The molecule has 7 heteroatoms. The molecule has 0 radical (unpaired) electrons. The monoisotopic (exact) mass is 352 g/mol. The molecule has 3 rings (SSSR count). The van der Waals surface area contributed by atoms with E-state index in [0.29, 0.717) is 24.2 Å². The first kappa shape index (κ1) is 17.6. The maximum Gasteiger partial charge on any atom is 0.254 e. The lowest BCUT2D eigenvalue weighted by molar-refractivity contribution is -0.121. The number of benzene rings is 1. The summed E-state index contributed by atoms with van der Waals surface area (Å²) in [7, 11) is 0. The van der Waals surface area contributed by atoms with E-state index in [1.54, 1.807) is 36.7 Å². The molecule has 1 aliphatic heterocycles. The molecule has 0 aliphatic carbocycles. The molecule has 1 aliphatic rings. The summed E-state index contributed by atoms with van der Waals surface area (Å²) in [5, 5.41) is 8.24. The van der Waals surface area contributed by atoms with Crippen LogP contribution in [-0.4, -0.2) is 35.3 Å². The normalized spacial score (nSPS) is 16.1. The Hall–Kier alpha value is -3.22. The van der Waals surface area contributed by atoms with E-state index in [2.05, 4.69) is 20.9 Å². The number of pyridine rings is 1. The zero-order valence-corrected chi connectivity index (χ0v) is 14.2. The van der Waals surface area contributed by atoms with Gasteiger partial charge in [0.15, 0.2) is 0 Å². The van der Waals surface area contributed by atoms with Crippen LogP contribution >= 0.6 is 0 Å². The molecule has 134 valence electrons. The highest BCUT2D eigenvalue weighted by atomic mass is 16.2. The number of fused-ring (bicyclic) bond motifs is 1. The molecule has 0 fully saturated rings. The van der Waals surface area contributed by atoms with E-state index < -0.39 is 6.04 Å². The van der Waals surface area contributed by atoms with Crippen molar-refractivity contribution in [2.24, 2.45) is 0 Å². The Kier molecular flexibility index (Phi) is 5.58. The summed E-state index contributed by atoms with van der Waals surface area (Å²) in [6.45, 7) is 0.511. The highest BCUT2D eigenvalue weighted by molar-refractivity contribution is 6.09. The van der Waals surface area contributed by atoms with E-state index in [0.717, 1.165) is 5.56 Å². The van der Waals surface area contributed by atoms with Crippen LogP contribution in [0.2, 0.25) is 0 Å². The average Bonchev–Trinajstić information content (AvgIpc) is 2.77. The summed E-state index contributed by atoms with van der Waals surface area (Å²) in [5.41, 5.74) is 2.00. The third-order valence-corrected chi connectivity index (χ3v) is 4.20. The summed E-state index contributed by atoms with van der Waals surface area (Å²) < 4.78 is 0. The van der Waals surface area contributed by atoms with Gasteiger partial charge in [-0.1, -0.05) is 12.1 Å². The zero-order valence-electron chi connectivity index (χ0n) is 14.2. The molecule has 0 saturated heterocycles. The summed E-state index contributed by atoms with van der Waals surface area (Å²) in [6.07, 6.45) is 4.53. The molecule has 1 aromatic heterocycles. The topological polar surface area (TPSA) is 100 Å². The van der Waals surface area contributed by atoms with Gasteiger partial charge in [0.2, 0.25) is 11.8 Å². The lowest BCUT2D eigenvalue weighted by Gasteiger charge is -2.14. The number of carbonyl (C=O) groups is 3. The van der Waals surface area contributed by atoms with Gasteiger partial charge in [-0.25, -0.2) is 0 Å². The van der Waals surface area contributed by atoms with E-state index in [-0.39, 0.29) is 30.6 Å². The molecule has 1 atom stereocenters. The smallest absolute Gasteiger partial charge is 0.254 e. The maximum absolute atomic E-state index is 12.3. The molecule has 2 aromatic rings. The number of amides is 3. The fraction of sp³-hybridized carbons (Fsp3) is 0.263. The van der Waals surface area contributed by atoms with Gasteiger partial charge in [-0.15, -0.1) is 0 Å². The van der Waals surface area contributed by atoms with E-state index in [1.807, 2.05) is 12.1 Å². The molecule has 26 heavy (non-hydrogen) atoms. The average molecular weight is 352 g/mol. The quantitative estimate of drug-likeness (QED) is 0.729. The first-order chi connectivity index (χ1) is 12.6. The number of nitrogens with zero attached hydrogens (tertiary/aromatic N) is 1. The van der Waals surface area contributed by atoms with E-state index in [1.165, 1.54) is 0 Å². The van der Waals surface area contributed by atoms with Crippen molar-refractivity contribution in [1.29, 1.82) is 0 Å². The highest BCUT2D eigenvalue weighted by Gasteiger charge is 2.27. The molecule has 3 N–H and O–H groups in total. The van der Waals surface area contributed by atoms with Crippen molar-refractivity contribution in [3.05, 3.63) is 59.9 Å². The fourth-order valence-electron chi connectivity index (χ4n) is 2.77. The molecule has 1 unspecified atom stereocenters. The maximum atomic E-state index is 12.3. The molecule has 0 spiro atoms. The van der Waals surface area contributed by atoms with E-state index in [4.69, 9.17) is 0 Å². The second-order valence-corrected chi connectivity index (χ2v) is 6.05. The van der Waals surface area contributed by atoms with Gasteiger partial charge < -0.3 is 16.0 Å². The van der Waals surface area contributed by atoms with Crippen LogP contribution in [0.4, 0.5) is 5.69 Å². The minimum absolute atomic E-state index is 0.150. The van der Waals surface area contributed by atoms with Gasteiger partial charge in [0.1, 0.15) is 6.04 Å². The highest BCUT2D eigenvalue weighted by Crippen LogP contribution is 2.19. The van der Waals surface area contributed by atoms with Crippen LogP contribution in [0.5, 0.6) is 0 Å². The van der Waals surface area contributed by atoms with Crippen molar-refractivity contribution in [2.45, 2.75) is 25.3 Å². The predicted molar refractivity (Wildman–Crippen MR) is 96.5 cm³/mol. The Balaban J connectivity index is 1.47. The fourth-order valence-corrected chi connectivity index (χ4v) is 2.77. The predicted octanol–water partition coefficient (Wildman–Crippen LogP) is 1.27. The third-order valence-electron chi connectivity index (χ3n) is 4.20. The van der Waals surface area contributed by atoms with Gasteiger partial charge in [-0.3, -0.25) is 19.4 Å². The summed E-state index contributed by atoms with van der Waals surface area (Å²) >= 11 is 0. The van der Waals surface area contributed by atoms with Crippen LogP contribution < -0.4 is 16.0 Å². The molecule has 1 aromatic carbocycles. The Morgan fingerprint density at radius 2 is 1.88 bits per heavy atom. The number of anilines is 1. The second kappa shape index (κ2) is 8.24. The van der Waals surface area contributed by atoms with Crippen LogP contribution in [0, 0.1) is 0 Å². The molecule has 0 bridgehead atoms. The standard InChI is InChI=1S/C19H20N4O3/c24-17(21-12-9-13-7-10-20-11-8-13)6-5-16-19(26)22-15-4-2-1-3-14(15)18(25)23-16/h1-4,7-8,10-11,16H,5-6,9,12H2,(H,21,24)(H,22,26)(H,23,25). The van der Waals surface area contributed by atoms with Gasteiger partial charge in [0, 0.05) is 25.4 Å². The minimum Gasteiger partial charge on any atom is -0.356 e. The zero-order chi connectivity index (χ0) is 18.4. The number of para-hydroxylation sites is 1. The molecule has 7 nitrogen and oxygen atoms in total. The first-order valence-electron chi connectivity index (χ1n) is 8.50. The largest absolute Gasteiger partial charge is 0.356 e. The van der Waals surface area contributed by atoms with Crippen molar-refractivity contribution < 1.29 is 14.4 Å². The van der Waals surface area contributed by atoms with Crippen molar-refractivity contribution in [2.75, 3.05) is 11.9 Å². The van der Waals surface area contributed by atoms with Crippen molar-refractivity contribution in [3.63, 3.8) is 0 Å². The molecular formula is C19H20N4O3. The van der Waals surface area contributed by atoms with Crippen LogP contribution in [0.15, 0.2) is 48.8 Å². The number of hydrogen-bond acceptors (Lipinski definition) is 4. The van der Waals surface area contributed by atoms with Crippen LogP contribution in [0.25, 0.3) is 0 Å². The number of rotatable bonds is 6. The first-order valence-corrected chi connectivity index (χ1v) is 8.50. The Labute approximate surface area is 151 Å². The lowest BCUT2D eigenvalue weighted by atomic mass is 10.1. The SMILES string of the molecule is O=C(CCC1NC(=O)c2ccccc2NC1=O)NCCc1ccncc1. The minimum atomic E-state index is -0.735. The summed E-state index contributed by atoms with van der Waals surface area (Å²) in [5.74, 6) is -0.780. The van der Waals surface area contributed by atoms with Gasteiger partial charge in [0.25, 0.3) is 5.91 Å². The van der Waals surface area contributed by atoms with Gasteiger partial charge in [0.05, 0.1) is 11.3 Å². The molecule has 0 saturated carbocycles. The van der Waals surface area contributed by atoms with Crippen LogP contribution in [0.3, 0.4) is 0 Å². The van der Waals surface area contributed by atoms with Crippen molar-refractivity contribution >= 4 is 23.4 Å². The van der Waals surface area contributed by atoms with Gasteiger partial charge >= 0.3 is 0 Å². The van der Waals surface area contributed by atoms with Crippen molar-refractivity contribution in [3.8, 4) is 0 Å². The summed E-state index contributed by atoms with van der Waals surface area (Å²) in [6, 6.07) is 9.88. The number of hydrogen-bond donors (Lipinski definition) is 3. The summed E-state index contributed by atoms with van der Waals surface area (Å²) in [4.78, 5) is 40.4. The molecule has 3 amide bonds.